The minimum Gasteiger partial charge on any atom is -0.496 e. The zero-order valence-electron chi connectivity index (χ0n) is 20.2. The van der Waals surface area contributed by atoms with Gasteiger partial charge in [0, 0.05) is 16.8 Å². The Balaban J connectivity index is 1.26. The predicted molar refractivity (Wildman–Crippen MR) is 151 cm³/mol. The Hall–Kier alpha value is -3.95. The van der Waals surface area contributed by atoms with E-state index in [2.05, 4.69) is 31.5 Å². The minimum atomic E-state index is -0.442. The lowest BCUT2D eigenvalue weighted by molar-refractivity contribution is 0.0951. The number of hydrogen-bond acceptors (Lipinski definition) is 6. The topological polar surface area (TPSA) is 89.5 Å². The van der Waals surface area contributed by atoms with Crippen molar-refractivity contribution in [3.8, 4) is 28.5 Å². The third-order valence-electron chi connectivity index (χ3n) is 5.89. The number of ether oxygens (including phenoxy) is 1. The summed E-state index contributed by atoms with van der Waals surface area (Å²) in [5.74, 6) is 1.53. The molecule has 0 spiro atoms. The minimum absolute atomic E-state index is 0.135. The van der Waals surface area contributed by atoms with E-state index in [0.717, 1.165) is 26.9 Å². The number of halogens is 1. The molecular weight excluding hydrogens is 554 g/mol. The molecule has 0 bridgehead atoms. The summed E-state index contributed by atoms with van der Waals surface area (Å²) in [5, 5.41) is 5.80. The number of nitrogens with zero attached hydrogens (tertiary/aromatic N) is 1. The van der Waals surface area contributed by atoms with Crippen molar-refractivity contribution in [2.24, 2.45) is 0 Å². The molecule has 3 aromatic carbocycles. The summed E-state index contributed by atoms with van der Waals surface area (Å²) in [4.78, 5) is 17.3. The average Bonchev–Trinajstić information content (AvgIpc) is 3.53. The first-order chi connectivity index (χ1) is 17.8. The van der Waals surface area contributed by atoms with E-state index in [4.69, 9.17) is 25.8 Å². The molecule has 0 saturated carbocycles. The molecule has 0 radical (unpaired) electrons. The number of anilines is 1. The summed E-state index contributed by atoms with van der Waals surface area (Å²) in [6.45, 7) is 4.09. The van der Waals surface area contributed by atoms with Crippen molar-refractivity contribution in [2.75, 3.05) is 12.4 Å². The van der Waals surface area contributed by atoms with Gasteiger partial charge in [-0.2, -0.15) is 0 Å². The van der Waals surface area contributed by atoms with E-state index >= 15 is 0 Å². The highest BCUT2D eigenvalue weighted by atomic mass is 79.9. The third-order valence-corrected chi connectivity index (χ3v) is 6.72. The number of carbonyl (C=O) groups excluding carboxylic acids is 1. The first-order valence-corrected chi connectivity index (χ1v) is 12.5. The Morgan fingerprint density at radius 2 is 1.76 bits per heavy atom. The summed E-state index contributed by atoms with van der Waals surface area (Å²) in [6, 6.07) is 20.4. The van der Waals surface area contributed by atoms with Crippen LogP contribution in [0.4, 0.5) is 5.69 Å². The molecule has 2 heterocycles. The third kappa shape index (κ3) is 5.28. The number of oxazole rings is 1. The molecule has 37 heavy (non-hydrogen) atoms. The van der Waals surface area contributed by atoms with Gasteiger partial charge in [0.15, 0.2) is 16.5 Å². The SMILES string of the molecule is COc1ccc(-c2nc3cc(NC(=S)NC(=O)c4ccc(-c5ccc(C)c(C)c5)o4)ccc3o2)cc1Br. The highest BCUT2D eigenvalue weighted by Gasteiger charge is 2.15. The van der Waals surface area contributed by atoms with Gasteiger partial charge in [0.2, 0.25) is 5.89 Å². The van der Waals surface area contributed by atoms with Crippen LogP contribution in [-0.4, -0.2) is 23.1 Å². The van der Waals surface area contributed by atoms with Crippen molar-refractivity contribution in [1.29, 1.82) is 0 Å². The van der Waals surface area contributed by atoms with E-state index in [1.807, 2.05) is 50.2 Å². The van der Waals surface area contributed by atoms with Crippen LogP contribution in [0, 0.1) is 13.8 Å². The maximum Gasteiger partial charge on any atom is 0.293 e. The number of methoxy groups -OCH3 is 1. The van der Waals surface area contributed by atoms with Gasteiger partial charge in [0.05, 0.1) is 11.6 Å². The first-order valence-electron chi connectivity index (χ1n) is 11.3. The van der Waals surface area contributed by atoms with Crippen LogP contribution in [0.2, 0.25) is 0 Å². The lowest BCUT2D eigenvalue weighted by Crippen LogP contribution is -2.33. The highest BCUT2D eigenvalue weighted by molar-refractivity contribution is 9.10. The van der Waals surface area contributed by atoms with Gasteiger partial charge in [-0.25, -0.2) is 4.98 Å². The number of aromatic nitrogens is 1. The van der Waals surface area contributed by atoms with Gasteiger partial charge in [0.25, 0.3) is 5.91 Å². The molecule has 7 nitrogen and oxygen atoms in total. The fraction of sp³-hybridized carbons (Fsp3) is 0.107. The molecule has 5 rings (SSSR count). The van der Waals surface area contributed by atoms with Gasteiger partial charge >= 0.3 is 0 Å². The average molecular weight is 576 g/mol. The smallest absolute Gasteiger partial charge is 0.293 e. The van der Waals surface area contributed by atoms with E-state index in [9.17, 15) is 4.79 Å². The van der Waals surface area contributed by atoms with Crippen LogP contribution in [0.1, 0.15) is 21.7 Å². The van der Waals surface area contributed by atoms with Crippen LogP contribution in [0.15, 0.2) is 80.0 Å². The Kier molecular flexibility index (Phi) is 6.82. The summed E-state index contributed by atoms with van der Waals surface area (Å²) in [6.07, 6.45) is 0. The predicted octanol–water partition coefficient (Wildman–Crippen LogP) is 7.27. The van der Waals surface area contributed by atoms with E-state index in [1.165, 1.54) is 5.56 Å². The van der Waals surface area contributed by atoms with E-state index in [0.29, 0.717) is 28.4 Å². The monoisotopic (exact) mass is 575 g/mol. The zero-order valence-corrected chi connectivity index (χ0v) is 22.6. The van der Waals surface area contributed by atoms with Gasteiger partial charge in [-0.3, -0.25) is 10.1 Å². The number of hydrogen-bond donors (Lipinski definition) is 2. The number of rotatable bonds is 5. The van der Waals surface area contributed by atoms with Crippen molar-refractivity contribution in [3.63, 3.8) is 0 Å². The van der Waals surface area contributed by atoms with Gasteiger partial charge in [-0.1, -0.05) is 12.1 Å². The molecule has 9 heteroatoms. The van der Waals surface area contributed by atoms with Crippen molar-refractivity contribution in [1.82, 2.24) is 10.3 Å². The van der Waals surface area contributed by atoms with Crippen molar-refractivity contribution < 1.29 is 18.4 Å². The van der Waals surface area contributed by atoms with Crippen LogP contribution in [0.3, 0.4) is 0 Å². The second-order valence-corrected chi connectivity index (χ2v) is 9.68. The molecule has 1 amide bonds. The van der Waals surface area contributed by atoms with Gasteiger partial charge < -0.3 is 18.9 Å². The molecule has 0 saturated heterocycles. The number of carbonyl (C=O) groups is 1. The molecule has 0 atom stereocenters. The Bertz CT molecular complexity index is 1660. The number of furan rings is 1. The number of nitrogens with one attached hydrogen (secondary N) is 2. The van der Waals surface area contributed by atoms with Gasteiger partial charge in [0.1, 0.15) is 17.0 Å². The standard InChI is InChI=1S/C28H22BrN3O4S/c1-15-4-5-17(12-16(15)2)22-10-11-25(35-22)26(33)32-28(37)30-19-7-9-24-21(14-19)31-27(36-24)18-6-8-23(34-3)20(29)13-18/h4-14H,1-3H3,(H2,30,32,33,37). The molecule has 0 fully saturated rings. The van der Waals surface area contributed by atoms with E-state index in [1.54, 1.807) is 37.4 Å². The molecule has 0 aliphatic rings. The Morgan fingerprint density at radius 3 is 2.51 bits per heavy atom. The Labute approximate surface area is 227 Å². The van der Waals surface area contributed by atoms with E-state index in [-0.39, 0.29) is 10.9 Å². The molecule has 0 unspecified atom stereocenters. The largest absolute Gasteiger partial charge is 0.496 e. The van der Waals surface area contributed by atoms with Crippen LogP contribution in [0.25, 0.3) is 33.9 Å². The number of benzene rings is 3. The molecule has 5 aromatic rings. The second-order valence-electron chi connectivity index (χ2n) is 8.42. The van der Waals surface area contributed by atoms with Crippen LogP contribution < -0.4 is 15.4 Å². The van der Waals surface area contributed by atoms with Crippen LogP contribution >= 0.6 is 28.1 Å². The van der Waals surface area contributed by atoms with Crippen molar-refractivity contribution >= 4 is 56.0 Å². The maximum absolute atomic E-state index is 12.7. The molecular formula is C28H22BrN3O4S. The fourth-order valence-electron chi connectivity index (χ4n) is 3.76. The van der Waals surface area contributed by atoms with Crippen molar-refractivity contribution in [2.45, 2.75) is 13.8 Å². The van der Waals surface area contributed by atoms with Crippen molar-refractivity contribution in [3.05, 3.63) is 88.1 Å². The normalized spacial score (nSPS) is 10.9. The first kappa shape index (κ1) is 24.7. The van der Waals surface area contributed by atoms with Crippen LogP contribution in [-0.2, 0) is 0 Å². The fourth-order valence-corrected chi connectivity index (χ4v) is 4.52. The summed E-state index contributed by atoms with van der Waals surface area (Å²) in [5.41, 5.74) is 5.98. The summed E-state index contributed by atoms with van der Waals surface area (Å²) < 4.78 is 17.8. The molecule has 0 aliphatic heterocycles. The summed E-state index contributed by atoms with van der Waals surface area (Å²) in [7, 11) is 1.61. The maximum atomic E-state index is 12.7. The lowest BCUT2D eigenvalue weighted by atomic mass is 10.1. The molecule has 2 aromatic heterocycles. The van der Waals surface area contributed by atoms with E-state index < -0.39 is 5.91 Å². The molecule has 186 valence electrons. The van der Waals surface area contributed by atoms with Gasteiger partial charge in [-0.15, -0.1) is 0 Å². The number of fused-ring (bicyclic) bond motifs is 1. The van der Waals surface area contributed by atoms with Crippen LogP contribution in [0.5, 0.6) is 5.75 Å². The lowest BCUT2D eigenvalue weighted by Gasteiger charge is -2.08. The zero-order chi connectivity index (χ0) is 26.1. The molecule has 0 aliphatic carbocycles. The highest BCUT2D eigenvalue weighted by Crippen LogP contribution is 2.32. The Morgan fingerprint density at radius 1 is 0.946 bits per heavy atom. The van der Waals surface area contributed by atoms with Gasteiger partial charge in [-0.05, 0) is 108 Å². The summed E-state index contributed by atoms with van der Waals surface area (Å²) >= 11 is 8.82. The number of amides is 1. The number of thiocarbonyl (C=S) groups is 1. The molecule has 2 N–H and O–H groups in total. The quantitative estimate of drug-likeness (QED) is 0.213. The second kappa shape index (κ2) is 10.2. The number of aryl methyl sites for hydroxylation is 2.